The number of aliphatic imine (C=N–C) groups is 1. The molecular formula is C22H30N4. The Labute approximate surface area is 156 Å². The fraction of sp³-hybridized carbons (Fsp3) is 0.500. The van der Waals surface area contributed by atoms with Crippen molar-refractivity contribution in [1.82, 2.24) is 15.5 Å². The second-order valence-corrected chi connectivity index (χ2v) is 7.82. The van der Waals surface area contributed by atoms with Gasteiger partial charge in [0, 0.05) is 31.7 Å². The van der Waals surface area contributed by atoms with Gasteiger partial charge in [-0.15, -0.1) is 0 Å². The fourth-order valence-corrected chi connectivity index (χ4v) is 4.66. The van der Waals surface area contributed by atoms with Crippen LogP contribution in [0.5, 0.6) is 0 Å². The lowest BCUT2D eigenvalue weighted by Gasteiger charge is -2.47. The standard InChI is InChI=1S/C22H30N4/c1-23-22(25-19-13-20-8-5-9-21(14-19)26(20)2)24-15-16-10-11-17-6-3-4-7-18(17)12-16/h3-4,6-7,10-12,19-21H,5,8-9,13-15H2,1-2H3,(H2,23,24,25). The normalized spacial score (nSPS) is 26.7. The van der Waals surface area contributed by atoms with E-state index in [2.05, 4.69) is 70.0 Å². The Hall–Kier alpha value is -2.07. The summed E-state index contributed by atoms with van der Waals surface area (Å²) in [5.41, 5.74) is 1.28. The Balaban J connectivity index is 1.36. The molecule has 4 heteroatoms. The van der Waals surface area contributed by atoms with Crippen LogP contribution in [0.15, 0.2) is 47.5 Å². The van der Waals surface area contributed by atoms with Crippen molar-refractivity contribution < 1.29 is 0 Å². The molecule has 26 heavy (non-hydrogen) atoms. The van der Waals surface area contributed by atoms with Crippen LogP contribution in [0.4, 0.5) is 0 Å². The summed E-state index contributed by atoms with van der Waals surface area (Å²) in [4.78, 5) is 7.06. The molecule has 0 aliphatic carbocycles. The molecule has 0 aromatic heterocycles. The molecule has 0 amide bonds. The predicted octanol–water partition coefficient (Wildman–Crippen LogP) is 3.52. The molecule has 2 unspecified atom stereocenters. The van der Waals surface area contributed by atoms with Crippen LogP contribution in [0.1, 0.15) is 37.7 Å². The predicted molar refractivity (Wildman–Crippen MR) is 109 cm³/mol. The van der Waals surface area contributed by atoms with Crippen molar-refractivity contribution in [3.63, 3.8) is 0 Å². The quantitative estimate of drug-likeness (QED) is 0.657. The van der Waals surface area contributed by atoms with E-state index in [9.17, 15) is 0 Å². The molecule has 0 spiro atoms. The summed E-state index contributed by atoms with van der Waals surface area (Å²) in [7, 11) is 4.17. The number of guanidine groups is 1. The molecule has 0 saturated carbocycles. The van der Waals surface area contributed by atoms with Gasteiger partial charge in [0.05, 0.1) is 0 Å². The van der Waals surface area contributed by atoms with Crippen LogP contribution in [-0.4, -0.2) is 43.1 Å². The molecule has 2 aromatic rings. The topological polar surface area (TPSA) is 39.7 Å². The summed E-state index contributed by atoms with van der Waals surface area (Å²) in [6.07, 6.45) is 6.53. The third-order valence-electron chi connectivity index (χ3n) is 6.18. The number of nitrogens with zero attached hydrogens (tertiary/aromatic N) is 2. The van der Waals surface area contributed by atoms with Gasteiger partial charge in [-0.3, -0.25) is 4.99 Å². The third-order valence-corrected chi connectivity index (χ3v) is 6.18. The van der Waals surface area contributed by atoms with Crippen molar-refractivity contribution >= 4 is 16.7 Å². The summed E-state index contributed by atoms with van der Waals surface area (Å²) in [6, 6.07) is 17.2. The number of piperidine rings is 2. The highest BCUT2D eigenvalue weighted by Gasteiger charge is 2.36. The summed E-state index contributed by atoms with van der Waals surface area (Å²) < 4.78 is 0. The second kappa shape index (κ2) is 7.67. The zero-order chi connectivity index (χ0) is 17.9. The maximum Gasteiger partial charge on any atom is 0.191 e. The molecule has 2 N–H and O–H groups in total. The summed E-state index contributed by atoms with van der Waals surface area (Å²) in [6.45, 7) is 0.796. The zero-order valence-electron chi connectivity index (χ0n) is 15.9. The van der Waals surface area contributed by atoms with Crippen LogP contribution in [0, 0.1) is 0 Å². The van der Waals surface area contributed by atoms with E-state index in [0.29, 0.717) is 6.04 Å². The van der Waals surface area contributed by atoms with Crippen molar-refractivity contribution in [2.75, 3.05) is 14.1 Å². The molecule has 138 valence electrons. The van der Waals surface area contributed by atoms with Gasteiger partial charge in [-0.25, -0.2) is 0 Å². The van der Waals surface area contributed by atoms with E-state index in [4.69, 9.17) is 0 Å². The smallest absolute Gasteiger partial charge is 0.191 e. The van der Waals surface area contributed by atoms with Gasteiger partial charge >= 0.3 is 0 Å². The van der Waals surface area contributed by atoms with E-state index in [1.165, 1.54) is 48.4 Å². The van der Waals surface area contributed by atoms with Crippen LogP contribution in [-0.2, 0) is 6.54 Å². The van der Waals surface area contributed by atoms with Gasteiger partial charge in [0.15, 0.2) is 5.96 Å². The Kier molecular flexibility index (Phi) is 5.11. The van der Waals surface area contributed by atoms with Gasteiger partial charge in [-0.1, -0.05) is 42.8 Å². The average molecular weight is 351 g/mol. The Morgan fingerprint density at radius 1 is 1.08 bits per heavy atom. The van der Waals surface area contributed by atoms with Crippen LogP contribution < -0.4 is 10.6 Å². The molecular weight excluding hydrogens is 320 g/mol. The summed E-state index contributed by atoms with van der Waals surface area (Å²) >= 11 is 0. The van der Waals surface area contributed by atoms with Crippen LogP contribution >= 0.6 is 0 Å². The molecule has 2 aliphatic heterocycles. The number of hydrogen-bond acceptors (Lipinski definition) is 2. The summed E-state index contributed by atoms with van der Waals surface area (Å²) in [5, 5.41) is 9.75. The Morgan fingerprint density at radius 3 is 2.54 bits per heavy atom. The fourth-order valence-electron chi connectivity index (χ4n) is 4.66. The number of hydrogen-bond donors (Lipinski definition) is 2. The first-order chi connectivity index (χ1) is 12.7. The number of nitrogens with one attached hydrogen (secondary N) is 2. The SMILES string of the molecule is CN=C(NCc1ccc2ccccc2c1)NC1CC2CCCC(C1)N2C. The van der Waals surface area contributed by atoms with E-state index in [1.54, 1.807) is 0 Å². The molecule has 2 aromatic carbocycles. The molecule has 4 nitrogen and oxygen atoms in total. The van der Waals surface area contributed by atoms with Crippen LogP contribution in [0.2, 0.25) is 0 Å². The lowest BCUT2D eigenvalue weighted by Crippen LogP contribution is -2.56. The van der Waals surface area contributed by atoms with Gasteiger partial charge in [0.25, 0.3) is 0 Å². The monoisotopic (exact) mass is 350 g/mol. The molecule has 2 atom stereocenters. The number of fused-ring (bicyclic) bond motifs is 3. The lowest BCUT2D eigenvalue weighted by atomic mass is 9.82. The van der Waals surface area contributed by atoms with Gasteiger partial charge in [0.1, 0.15) is 0 Å². The highest BCUT2D eigenvalue weighted by Crippen LogP contribution is 2.32. The minimum atomic E-state index is 0.532. The maximum absolute atomic E-state index is 4.45. The van der Waals surface area contributed by atoms with Gasteiger partial charge in [0.2, 0.25) is 0 Å². The van der Waals surface area contributed by atoms with Crippen molar-refractivity contribution in [3.05, 3.63) is 48.0 Å². The van der Waals surface area contributed by atoms with Crippen LogP contribution in [0.25, 0.3) is 10.8 Å². The maximum atomic E-state index is 4.45. The van der Waals surface area contributed by atoms with E-state index >= 15 is 0 Å². The molecule has 2 saturated heterocycles. The van der Waals surface area contributed by atoms with Gasteiger partial charge in [-0.05, 0) is 55.1 Å². The highest BCUT2D eigenvalue weighted by atomic mass is 15.2. The van der Waals surface area contributed by atoms with Crippen molar-refractivity contribution in [2.24, 2.45) is 4.99 Å². The van der Waals surface area contributed by atoms with E-state index in [0.717, 1.165) is 24.6 Å². The summed E-state index contributed by atoms with van der Waals surface area (Å²) in [5.74, 6) is 0.922. The van der Waals surface area contributed by atoms with Crippen molar-refractivity contribution in [3.8, 4) is 0 Å². The first-order valence-electron chi connectivity index (χ1n) is 9.90. The highest BCUT2D eigenvalue weighted by molar-refractivity contribution is 5.83. The minimum Gasteiger partial charge on any atom is -0.354 e. The number of benzene rings is 2. The second-order valence-electron chi connectivity index (χ2n) is 7.82. The molecule has 2 heterocycles. The number of rotatable bonds is 3. The molecule has 0 radical (unpaired) electrons. The molecule has 2 bridgehead atoms. The van der Waals surface area contributed by atoms with Crippen molar-refractivity contribution in [2.45, 2.75) is 56.8 Å². The van der Waals surface area contributed by atoms with Gasteiger partial charge < -0.3 is 15.5 Å². The third kappa shape index (κ3) is 3.70. The van der Waals surface area contributed by atoms with E-state index in [1.807, 2.05) is 7.05 Å². The average Bonchev–Trinajstić information content (AvgIpc) is 2.65. The van der Waals surface area contributed by atoms with Crippen molar-refractivity contribution in [1.29, 1.82) is 0 Å². The van der Waals surface area contributed by atoms with Gasteiger partial charge in [-0.2, -0.15) is 0 Å². The largest absolute Gasteiger partial charge is 0.354 e. The Bertz CT molecular complexity index is 771. The molecule has 2 fully saturated rings. The lowest BCUT2D eigenvalue weighted by molar-refractivity contribution is 0.0526. The van der Waals surface area contributed by atoms with Crippen LogP contribution in [0.3, 0.4) is 0 Å². The molecule has 2 aliphatic rings. The minimum absolute atomic E-state index is 0.532. The van der Waals surface area contributed by atoms with E-state index in [-0.39, 0.29) is 0 Å². The first kappa shape index (κ1) is 17.3. The first-order valence-corrected chi connectivity index (χ1v) is 9.90. The zero-order valence-corrected chi connectivity index (χ0v) is 15.9. The molecule has 4 rings (SSSR count). The Morgan fingerprint density at radius 2 is 1.81 bits per heavy atom. The van der Waals surface area contributed by atoms with E-state index < -0.39 is 0 Å².